The van der Waals surface area contributed by atoms with E-state index in [1.807, 2.05) is 36.5 Å². The number of halogens is 1. The van der Waals surface area contributed by atoms with Gasteiger partial charge in [0.1, 0.15) is 0 Å². The van der Waals surface area contributed by atoms with Crippen molar-refractivity contribution in [1.29, 1.82) is 5.26 Å². The molecule has 3 rings (SSSR count). The van der Waals surface area contributed by atoms with Crippen LogP contribution in [-0.4, -0.2) is 9.55 Å². The first-order valence-corrected chi connectivity index (χ1v) is 6.23. The van der Waals surface area contributed by atoms with Crippen molar-refractivity contribution in [1.82, 2.24) is 9.55 Å². The van der Waals surface area contributed by atoms with E-state index in [-0.39, 0.29) is 0 Å². The van der Waals surface area contributed by atoms with Gasteiger partial charge in [-0.25, -0.2) is 0 Å². The van der Waals surface area contributed by atoms with Crippen LogP contribution in [0.1, 0.15) is 11.1 Å². The average molecular weight is 268 g/mol. The van der Waals surface area contributed by atoms with Crippen LogP contribution in [0.2, 0.25) is 5.02 Å². The van der Waals surface area contributed by atoms with Crippen molar-refractivity contribution in [3.8, 4) is 6.07 Å². The monoisotopic (exact) mass is 267 g/mol. The molecule has 0 unspecified atom stereocenters. The number of hydrogen-bond acceptors (Lipinski definition) is 2. The van der Waals surface area contributed by atoms with Gasteiger partial charge in [0.15, 0.2) is 0 Å². The lowest BCUT2D eigenvalue weighted by Gasteiger charge is -2.07. The Bertz CT molecular complexity index is 783. The average Bonchev–Trinajstić information content (AvgIpc) is 2.83. The number of nitrogens with zero attached hydrogens (tertiary/aromatic N) is 3. The zero-order valence-corrected chi connectivity index (χ0v) is 10.8. The molecule has 3 nitrogen and oxygen atoms in total. The van der Waals surface area contributed by atoms with Crippen LogP contribution in [0.15, 0.2) is 48.9 Å². The largest absolute Gasteiger partial charge is 0.343 e. The van der Waals surface area contributed by atoms with Crippen LogP contribution >= 0.6 is 11.6 Å². The number of aromatic nitrogens is 2. The molecule has 19 heavy (non-hydrogen) atoms. The highest BCUT2D eigenvalue weighted by Gasteiger charge is 2.05. The fourth-order valence-electron chi connectivity index (χ4n) is 2.12. The molecule has 0 bridgehead atoms. The SMILES string of the molecule is N#Cc1ccc2c(ccn2Cc2ccncc2Cl)c1. The molecule has 3 aromatic rings. The summed E-state index contributed by atoms with van der Waals surface area (Å²) >= 11 is 6.12. The van der Waals surface area contributed by atoms with Gasteiger partial charge in [-0.1, -0.05) is 11.6 Å². The van der Waals surface area contributed by atoms with Crippen molar-refractivity contribution < 1.29 is 0 Å². The van der Waals surface area contributed by atoms with E-state index >= 15 is 0 Å². The van der Waals surface area contributed by atoms with Gasteiger partial charge in [-0.3, -0.25) is 4.98 Å². The minimum Gasteiger partial charge on any atom is -0.343 e. The zero-order chi connectivity index (χ0) is 13.2. The molecular weight excluding hydrogens is 258 g/mol. The second-order valence-corrected chi connectivity index (χ2v) is 4.70. The van der Waals surface area contributed by atoms with Gasteiger partial charge in [0.2, 0.25) is 0 Å². The van der Waals surface area contributed by atoms with E-state index in [2.05, 4.69) is 15.6 Å². The van der Waals surface area contributed by atoms with Crippen LogP contribution in [0, 0.1) is 11.3 Å². The number of fused-ring (bicyclic) bond motifs is 1. The quantitative estimate of drug-likeness (QED) is 0.712. The van der Waals surface area contributed by atoms with Crippen LogP contribution in [0.4, 0.5) is 0 Å². The third-order valence-corrected chi connectivity index (χ3v) is 3.44. The van der Waals surface area contributed by atoms with E-state index < -0.39 is 0 Å². The van der Waals surface area contributed by atoms with Crippen LogP contribution in [0.3, 0.4) is 0 Å². The van der Waals surface area contributed by atoms with Gasteiger partial charge in [0.25, 0.3) is 0 Å². The molecular formula is C15H10ClN3. The first-order chi connectivity index (χ1) is 9.28. The molecule has 0 saturated carbocycles. The Morgan fingerprint density at radius 3 is 2.95 bits per heavy atom. The molecule has 0 radical (unpaired) electrons. The number of pyridine rings is 1. The lowest BCUT2D eigenvalue weighted by molar-refractivity contribution is 0.835. The molecule has 0 spiro atoms. The second-order valence-electron chi connectivity index (χ2n) is 4.30. The van der Waals surface area contributed by atoms with E-state index in [1.54, 1.807) is 12.4 Å². The van der Waals surface area contributed by atoms with Crippen molar-refractivity contribution >= 4 is 22.5 Å². The number of nitriles is 1. The smallest absolute Gasteiger partial charge is 0.0991 e. The molecule has 0 N–H and O–H groups in total. The van der Waals surface area contributed by atoms with Crippen molar-refractivity contribution in [3.05, 3.63) is 65.1 Å². The van der Waals surface area contributed by atoms with Gasteiger partial charge in [0, 0.05) is 36.0 Å². The normalized spacial score (nSPS) is 10.5. The van der Waals surface area contributed by atoms with Crippen LogP contribution in [-0.2, 0) is 6.54 Å². The predicted octanol–water partition coefficient (Wildman–Crippen LogP) is 3.61. The first-order valence-electron chi connectivity index (χ1n) is 5.85. The summed E-state index contributed by atoms with van der Waals surface area (Å²) in [6.45, 7) is 0.691. The maximum atomic E-state index is 8.89. The Labute approximate surface area is 115 Å². The Morgan fingerprint density at radius 1 is 1.26 bits per heavy atom. The molecule has 0 atom stereocenters. The van der Waals surface area contributed by atoms with E-state index in [0.717, 1.165) is 16.5 Å². The zero-order valence-electron chi connectivity index (χ0n) is 10.0. The van der Waals surface area contributed by atoms with Crippen molar-refractivity contribution in [2.75, 3.05) is 0 Å². The highest BCUT2D eigenvalue weighted by molar-refractivity contribution is 6.31. The molecule has 2 aromatic heterocycles. The molecule has 0 aliphatic heterocycles. The molecule has 0 aliphatic carbocycles. The molecule has 92 valence electrons. The third-order valence-electron chi connectivity index (χ3n) is 3.10. The summed E-state index contributed by atoms with van der Waals surface area (Å²) in [6, 6.07) is 11.7. The fourth-order valence-corrected chi connectivity index (χ4v) is 2.30. The summed E-state index contributed by atoms with van der Waals surface area (Å²) in [7, 11) is 0. The Balaban J connectivity index is 2.03. The van der Waals surface area contributed by atoms with Crippen molar-refractivity contribution in [2.24, 2.45) is 0 Å². The van der Waals surface area contributed by atoms with E-state index in [4.69, 9.17) is 16.9 Å². The first kappa shape index (κ1) is 11.8. The highest BCUT2D eigenvalue weighted by atomic mass is 35.5. The molecule has 0 amide bonds. The van der Waals surface area contributed by atoms with Gasteiger partial charge < -0.3 is 4.57 Å². The van der Waals surface area contributed by atoms with E-state index in [9.17, 15) is 0 Å². The predicted molar refractivity (Wildman–Crippen MR) is 75.0 cm³/mol. The van der Waals surface area contributed by atoms with Gasteiger partial charge in [-0.05, 0) is 35.9 Å². The van der Waals surface area contributed by atoms with E-state index in [0.29, 0.717) is 17.1 Å². The summed E-state index contributed by atoms with van der Waals surface area (Å²) in [5.74, 6) is 0. The summed E-state index contributed by atoms with van der Waals surface area (Å²) in [4.78, 5) is 3.98. The summed E-state index contributed by atoms with van der Waals surface area (Å²) < 4.78 is 2.11. The second kappa shape index (κ2) is 4.75. The van der Waals surface area contributed by atoms with Crippen LogP contribution in [0.25, 0.3) is 10.9 Å². The van der Waals surface area contributed by atoms with Gasteiger partial charge in [-0.15, -0.1) is 0 Å². The van der Waals surface area contributed by atoms with E-state index in [1.165, 1.54) is 0 Å². The molecule has 0 aliphatic rings. The maximum Gasteiger partial charge on any atom is 0.0991 e. The molecule has 4 heteroatoms. The summed E-state index contributed by atoms with van der Waals surface area (Å²) in [5.41, 5.74) is 2.79. The highest BCUT2D eigenvalue weighted by Crippen LogP contribution is 2.21. The minimum atomic E-state index is 0.665. The van der Waals surface area contributed by atoms with Crippen LogP contribution in [0.5, 0.6) is 0 Å². The molecule has 1 aromatic carbocycles. The summed E-state index contributed by atoms with van der Waals surface area (Å²) in [5, 5.41) is 10.6. The lowest BCUT2D eigenvalue weighted by Crippen LogP contribution is -1.98. The number of rotatable bonds is 2. The van der Waals surface area contributed by atoms with Gasteiger partial charge in [0.05, 0.1) is 16.7 Å². The van der Waals surface area contributed by atoms with Gasteiger partial charge >= 0.3 is 0 Å². The molecule has 0 saturated heterocycles. The Hall–Kier alpha value is -2.31. The number of hydrogen-bond donors (Lipinski definition) is 0. The maximum absolute atomic E-state index is 8.89. The third kappa shape index (κ3) is 2.18. The topological polar surface area (TPSA) is 41.6 Å². The molecule has 0 fully saturated rings. The summed E-state index contributed by atoms with van der Waals surface area (Å²) in [6.07, 6.45) is 5.39. The fraction of sp³-hybridized carbons (Fsp3) is 0.0667. The van der Waals surface area contributed by atoms with Crippen molar-refractivity contribution in [2.45, 2.75) is 6.54 Å². The Morgan fingerprint density at radius 2 is 2.16 bits per heavy atom. The standard InChI is InChI=1S/C15H10ClN3/c16-14-9-18-5-3-13(14)10-19-6-4-12-7-11(8-17)1-2-15(12)19/h1-7,9H,10H2. The van der Waals surface area contributed by atoms with Crippen molar-refractivity contribution in [3.63, 3.8) is 0 Å². The minimum absolute atomic E-state index is 0.665. The molecule has 2 heterocycles. The lowest BCUT2D eigenvalue weighted by atomic mass is 10.2. The van der Waals surface area contributed by atoms with Gasteiger partial charge in [-0.2, -0.15) is 5.26 Å². The number of benzene rings is 1. The van der Waals surface area contributed by atoms with Crippen LogP contribution < -0.4 is 0 Å². The Kier molecular flexibility index (Phi) is 2.94.